The number of sulfone groups is 1. The van der Waals surface area contributed by atoms with Gasteiger partial charge in [0.2, 0.25) is 0 Å². The first-order valence-electron chi connectivity index (χ1n) is 14.2. The Morgan fingerprint density at radius 1 is 1.09 bits per heavy atom. The number of ether oxygens (including phenoxy) is 3. The average molecular weight is 641 g/mol. The van der Waals surface area contributed by atoms with Crippen molar-refractivity contribution in [2.45, 2.75) is 32.0 Å². The van der Waals surface area contributed by atoms with Crippen LogP contribution in [-0.2, 0) is 26.8 Å². The van der Waals surface area contributed by atoms with Crippen LogP contribution in [0.25, 0.3) is 10.9 Å². The molecule has 12 heteroatoms. The zero-order valence-electron chi connectivity index (χ0n) is 24.5. The van der Waals surface area contributed by atoms with Crippen LogP contribution in [0.5, 0.6) is 11.5 Å². The summed E-state index contributed by atoms with van der Waals surface area (Å²) >= 11 is 6.53. The summed E-state index contributed by atoms with van der Waals surface area (Å²) in [6.07, 6.45) is 6.32. The highest BCUT2D eigenvalue weighted by molar-refractivity contribution is 7.91. The number of methoxy groups -OCH3 is 1. The van der Waals surface area contributed by atoms with Gasteiger partial charge in [-0.05, 0) is 54.6 Å². The second kappa shape index (κ2) is 13.8. The number of benzene rings is 3. The molecule has 2 heterocycles. The first-order chi connectivity index (χ1) is 21.2. The Morgan fingerprint density at radius 2 is 1.95 bits per heavy atom. The summed E-state index contributed by atoms with van der Waals surface area (Å²) in [4.78, 5) is 8.96. The van der Waals surface area contributed by atoms with E-state index in [1.165, 1.54) is 18.5 Å². The third-order valence-electron chi connectivity index (χ3n) is 7.50. The zero-order chi connectivity index (χ0) is 31.2. The topological polar surface area (TPSA) is 112 Å². The van der Waals surface area contributed by atoms with Crippen molar-refractivity contribution in [1.29, 1.82) is 0 Å². The molecule has 3 aromatic carbocycles. The number of hydrogen-bond donors (Lipinski definition) is 2. The Kier molecular flexibility index (Phi) is 9.87. The Balaban J connectivity index is 1.36. The van der Waals surface area contributed by atoms with Gasteiger partial charge in [-0.2, -0.15) is 0 Å². The van der Waals surface area contributed by atoms with Gasteiger partial charge in [0, 0.05) is 47.8 Å². The van der Waals surface area contributed by atoms with E-state index in [0.29, 0.717) is 65.0 Å². The Labute approximate surface area is 261 Å². The van der Waals surface area contributed by atoms with Crippen LogP contribution < -0.4 is 20.1 Å². The summed E-state index contributed by atoms with van der Waals surface area (Å²) in [5.41, 5.74) is 2.17. The van der Waals surface area contributed by atoms with Gasteiger partial charge in [-0.1, -0.05) is 30.7 Å². The molecule has 0 saturated heterocycles. The molecular formula is C32H34ClFN4O5S. The summed E-state index contributed by atoms with van der Waals surface area (Å²) in [5.74, 6) is 1.54. The maximum Gasteiger partial charge on any atom is 0.151 e. The van der Waals surface area contributed by atoms with Gasteiger partial charge in [-0.3, -0.25) is 0 Å². The van der Waals surface area contributed by atoms with Crippen LogP contribution >= 0.6 is 11.6 Å². The standard InChI is InChI=1S/C32H34ClFN4O5S/c1-3-44(39,40)15-13-35-12-11-32(10-5-14-43-32)26-18-25-28(19-30(26)41-2)36-21-37-31(25)38-24-8-9-29(27(33)17-24)42-20-22-6-4-7-23(34)16-22/h4-9,14,16-19,21,35H,3,10-13,15,20H2,1-2H3,(H,36,37,38). The van der Waals surface area contributed by atoms with Crippen LogP contribution in [0, 0.1) is 5.82 Å². The van der Waals surface area contributed by atoms with E-state index in [4.69, 9.17) is 25.8 Å². The van der Waals surface area contributed by atoms with Gasteiger partial charge >= 0.3 is 0 Å². The molecule has 5 rings (SSSR count). The van der Waals surface area contributed by atoms with Crippen molar-refractivity contribution in [2.75, 3.05) is 37.0 Å². The van der Waals surface area contributed by atoms with Gasteiger partial charge < -0.3 is 24.8 Å². The van der Waals surface area contributed by atoms with Crippen LogP contribution in [0.4, 0.5) is 15.9 Å². The number of anilines is 2. The molecule has 0 amide bonds. The van der Waals surface area contributed by atoms with Crippen molar-refractivity contribution in [2.24, 2.45) is 0 Å². The minimum absolute atomic E-state index is 0.0887. The highest BCUT2D eigenvalue weighted by atomic mass is 35.5. The van der Waals surface area contributed by atoms with Crippen LogP contribution in [0.1, 0.15) is 30.9 Å². The highest BCUT2D eigenvalue weighted by Gasteiger charge is 2.38. The monoisotopic (exact) mass is 640 g/mol. The SMILES string of the molecule is CCS(=O)(=O)CCNCCC1(c2cc3c(Nc4ccc(OCc5cccc(F)c5)c(Cl)c4)ncnc3cc2OC)CC=CO1. The van der Waals surface area contributed by atoms with Crippen LogP contribution in [0.3, 0.4) is 0 Å². The lowest BCUT2D eigenvalue weighted by Crippen LogP contribution is -2.32. The third kappa shape index (κ3) is 7.40. The summed E-state index contributed by atoms with van der Waals surface area (Å²) in [5, 5.41) is 7.72. The van der Waals surface area contributed by atoms with Crippen molar-refractivity contribution < 1.29 is 27.0 Å². The predicted octanol–water partition coefficient (Wildman–Crippen LogP) is 6.30. The second-order valence-corrected chi connectivity index (χ2v) is 13.3. The van der Waals surface area contributed by atoms with Gasteiger partial charge in [0.1, 0.15) is 41.7 Å². The third-order valence-corrected chi connectivity index (χ3v) is 9.50. The molecule has 1 unspecified atom stereocenters. The van der Waals surface area contributed by atoms with Gasteiger partial charge in [0.15, 0.2) is 9.84 Å². The summed E-state index contributed by atoms with van der Waals surface area (Å²) in [7, 11) is -1.44. The number of nitrogens with zero attached hydrogens (tertiary/aromatic N) is 2. The Bertz CT molecular complexity index is 1760. The number of aromatic nitrogens is 2. The van der Waals surface area contributed by atoms with E-state index in [9.17, 15) is 12.8 Å². The van der Waals surface area contributed by atoms with Crippen LogP contribution in [-0.4, -0.2) is 50.1 Å². The number of rotatable bonds is 14. The number of halogens is 2. The van der Waals surface area contributed by atoms with Crippen molar-refractivity contribution in [3.8, 4) is 11.5 Å². The molecule has 1 aromatic heterocycles. The molecule has 0 spiro atoms. The maximum atomic E-state index is 13.5. The molecule has 4 aromatic rings. The molecule has 1 aliphatic heterocycles. The average Bonchev–Trinajstić information content (AvgIpc) is 3.50. The molecule has 1 atom stereocenters. The molecule has 1 aliphatic rings. The second-order valence-electron chi connectivity index (χ2n) is 10.4. The van der Waals surface area contributed by atoms with E-state index in [0.717, 1.165) is 10.9 Å². The molecule has 0 aliphatic carbocycles. The molecule has 232 valence electrons. The van der Waals surface area contributed by atoms with Gasteiger partial charge in [0.25, 0.3) is 0 Å². The Morgan fingerprint density at radius 3 is 2.68 bits per heavy atom. The summed E-state index contributed by atoms with van der Waals surface area (Å²) < 4.78 is 55.0. The fourth-order valence-corrected chi connectivity index (χ4v) is 6.03. The van der Waals surface area contributed by atoms with Gasteiger partial charge in [0.05, 0.1) is 29.7 Å². The van der Waals surface area contributed by atoms with Crippen molar-refractivity contribution in [3.05, 3.63) is 95.2 Å². The van der Waals surface area contributed by atoms with E-state index in [2.05, 4.69) is 20.6 Å². The minimum Gasteiger partial charge on any atom is -0.496 e. The Hall–Kier alpha value is -3.93. The van der Waals surface area contributed by atoms with Crippen molar-refractivity contribution in [1.82, 2.24) is 15.3 Å². The summed E-state index contributed by atoms with van der Waals surface area (Å²) in [6.45, 7) is 2.74. The molecule has 2 N–H and O–H groups in total. The maximum absolute atomic E-state index is 13.5. The lowest BCUT2D eigenvalue weighted by atomic mass is 9.86. The lowest BCUT2D eigenvalue weighted by Gasteiger charge is -2.31. The quantitative estimate of drug-likeness (QED) is 0.153. The van der Waals surface area contributed by atoms with Crippen molar-refractivity contribution in [3.63, 3.8) is 0 Å². The van der Waals surface area contributed by atoms with E-state index in [-0.39, 0.29) is 23.9 Å². The van der Waals surface area contributed by atoms with Crippen molar-refractivity contribution >= 4 is 43.8 Å². The summed E-state index contributed by atoms with van der Waals surface area (Å²) in [6, 6.07) is 15.3. The van der Waals surface area contributed by atoms with Crippen LogP contribution in [0.2, 0.25) is 5.02 Å². The molecule has 44 heavy (non-hydrogen) atoms. The smallest absolute Gasteiger partial charge is 0.151 e. The normalized spacial score (nSPS) is 16.2. The molecule has 0 radical (unpaired) electrons. The fraction of sp³-hybridized carbons (Fsp3) is 0.312. The molecule has 0 fully saturated rings. The molecular weight excluding hydrogens is 607 g/mol. The predicted molar refractivity (Wildman–Crippen MR) is 170 cm³/mol. The highest BCUT2D eigenvalue weighted by Crippen LogP contribution is 2.44. The molecule has 0 bridgehead atoms. The minimum atomic E-state index is -3.05. The van der Waals surface area contributed by atoms with E-state index < -0.39 is 15.4 Å². The largest absolute Gasteiger partial charge is 0.496 e. The van der Waals surface area contributed by atoms with E-state index >= 15 is 0 Å². The van der Waals surface area contributed by atoms with Crippen LogP contribution in [0.15, 0.2) is 73.3 Å². The van der Waals surface area contributed by atoms with E-state index in [1.54, 1.807) is 44.6 Å². The molecule has 0 saturated carbocycles. The molecule has 9 nitrogen and oxygen atoms in total. The number of hydrogen-bond acceptors (Lipinski definition) is 9. The first kappa shape index (κ1) is 31.5. The zero-order valence-corrected chi connectivity index (χ0v) is 26.1. The first-order valence-corrected chi connectivity index (χ1v) is 16.4. The fourth-order valence-electron chi connectivity index (χ4n) is 5.05. The number of nitrogens with one attached hydrogen (secondary N) is 2. The van der Waals surface area contributed by atoms with E-state index in [1.807, 2.05) is 24.3 Å². The lowest BCUT2D eigenvalue weighted by molar-refractivity contribution is 0.0307. The van der Waals surface area contributed by atoms with Gasteiger partial charge in [-0.15, -0.1) is 0 Å². The van der Waals surface area contributed by atoms with Gasteiger partial charge in [-0.25, -0.2) is 22.8 Å². The number of fused-ring (bicyclic) bond motifs is 1.